The fourth-order valence-electron chi connectivity index (χ4n) is 10.3. The lowest BCUT2D eigenvalue weighted by molar-refractivity contribution is 0.0172. The smallest absolute Gasteiger partial charge is 0.314 e. The summed E-state index contributed by atoms with van der Waals surface area (Å²) in [5.41, 5.74) is 11.3. The molecule has 2 aliphatic rings. The average Bonchev–Trinajstić information content (AvgIpc) is 1.52. The Morgan fingerprint density at radius 3 is 1.21 bits per heavy atom. The van der Waals surface area contributed by atoms with Crippen molar-refractivity contribution in [1.82, 2.24) is 41.0 Å². The molecule has 6 aromatic rings. The molecule has 18 nitrogen and oxygen atoms in total. The first-order valence-corrected chi connectivity index (χ1v) is 30.9. The number of carbonyl (C=O) groups excluding carboxylic acids is 2. The highest BCUT2D eigenvalue weighted by atomic mass is 35.5. The van der Waals surface area contributed by atoms with Crippen LogP contribution in [0.4, 0.5) is 21.2 Å². The second kappa shape index (κ2) is 35.8. The van der Waals surface area contributed by atoms with Gasteiger partial charge in [0.25, 0.3) is 0 Å². The Balaban J connectivity index is 0.538. The molecule has 2 atom stereocenters. The van der Waals surface area contributed by atoms with Gasteiger partial charge < -0.3 is 70.1 Å². The van der Waals surface area contributed by atoms with Crippen molar-refractivity contribution in [3.63, 3.8) is 0 Å². The number of benzene rings is 4. The van der Waals surface area contributed by atoms with Crippen molar-refractivity contribution in [2.24, 2.45) is 0 Å². The zero-order valence-electron chi connectivity index (χ0n) is 49.1. The highest BCUT2D eigenvalue weighted by Gasteiger charge is 2.29. The molecule has 0 saturated heterocycles. The fraction of sp³-hybridized carbons (Fsp3) is 0.438. The number of ether oxygens (including phenoxy) is 6. The number of nitrogens with one attached hydrogen (secondary N) is 6. The highest BCUT2D eigenvalue weighted by molar-refractivity contribution is 6.35. The minimum Gasteiger partial charge on any atom is -0.377 e. The third-order valence-electron chi connectivity index (χ3n) is 14.6. The maximum atomic E-state index is 12.1. The van der Waals surface area contributed by atoms with E-state index in [0.29, 0.717) is 151 Å². The molecule has 462 valence electrons. The molecule has 0 bridgehead atoms. The molecule has 2 aliphatic heterocycles. The van der Waals surface area contributed by atoms with E-state index in [1.165, 1.54) is 22.3 Å². The van der Waals surface area contributed by atoms with E-state index in [4.69, 9.17) is 74.8 Å². The summed E-state index contributed by atoms with van der Waals surface area (Å²) in [6.07, 6.45) is 5.20. The normalized spacial score (nSPS) is 15.0. The van der Waals surface area contributed by atoms with E-state index >= 15 is 0 Å². The number of hydrogen-bond acceptors (Lipinski definition) is 14. The van der Waals surface area contributed by atoms with Gasteiger partial charge in [-0.25, -0.2) is 19.6 Å². The lowest BCUT2D eigenvalue weighted by Crippen LogP contribution is -2.39. The van der Waals surface area contributed by atoms with Crippen LogP contribution in [0.1, 0.15) is 58.1 Å². The van der Waals surface area contributed by atoms with E-state index in [2.05, 4.69) is 139 Å². The lowest BCUT2D eigenvalue weighted by Gasteiger charge is -2.33. The van der Waals surface area contributed by atoms with Gasteiger partial charge in [-0.05, 0) is 120 Å². The molecule has 2 aromatic heterocycles. The summed E-state index contributed by atoms with van der Waals surface area (Å²) in [5, 5.41) is 20.5. The van der Waals surface area contributed by atoms with Crippen LogP contribution in [-0.4, -0.2) is 178 Å². The number of amides is 4. The number of anilines is 2. The van der Waals surface area contributed by atoms with Crippen molar-refractivity contribution >= 4 is 70.1 Å². The fourth-order valence-corrected chi connectivity index (χ4v) is 11.4. The van der Waals surface area contributed by atoms with Crippen LogP contribution < -0.4 is 31.9 Å². The van der Waals surface area contributed by atoms with Crippen LogP contribution in [-0.2, 0) is 41.5 Å². The van der Waals surface area contributed by atoms with Gasteiger partial charge >= 0.3 is 12.1 Å². The number of hydrogen-bond donors (Lipinski definition) is 6. The molecule has 6 N–H and O–H groups in total. The second-order valence-electron chi connectivity index (χ2n) is 21.1. The Kier molecular flexibility index (Phi) is 27.6. The van der Waals surface area contributed by atoms with E-state index < -0.39 is 0 Å². The van der Waals surface area contributed by atoms with E-state index in [0.717, 1.165) is 71.2 Å². The average molecular weight is 1260 g/mol. The largest absolute Gasteiger partial charge is 0.377 e. The number of carbonyl (C=O) groups is 2. The van der Waals surface area contributed by atoms with Crippen molar-refractivity contribution in [2.75, 3.05) is 156 Å². The molecule has 0 radical (unpaired) electrons. The molecular weight excluding hydrogens is 1180 g/mol. The van der Waals surface area contributed by atoms with Crippen molar-refractivity contribution in [1.29, 1.82) is 0 Å². The number of pyridine rings is 2. The van der Waals surface area contributed by atoms with E-state index in [1.54, 1.807) is 0 Å². The summed E-state index contributed by atoms with van der Waals surface area (Å²) >= 11 is 26.1. The van der Waals surface area contributed by atoms with Crippen LogP contribution in [0.3, 0.4) is 0 Å². The summed E-state index contributed by atoms with van der Waals surface area (Å²) in [4.78, 5) is 38.1. The highest BCUT2D eigenvalue weighted by Crippen LogP contribution is 2.41. The third-order valence-corrected chi connectivity index (χ3v) is 15.7. The minimum atomic E-state index is -0.267. The van der Waals surface area contributed by atoms with E-state index in [-0.39, 0.29) is 23.9 Å². The molecule has 4 aromatic carbocycles. The summed E-state index contributed by atoms with van der Waals surface area (Å²) in [7, 11) is 4.23. The third kappa shape index (κ3) is 21.5. The van der Waals surface area contributed by atoms with Gasteiger partial charge in [0.05, 0.1) is 79.3 Å². The summed E-state index contributed by atoms with van der Waals surface area (Å²) in [6.45, 7) is 11.5. The number of nitrogens with zero attached hydrogens (tertiary/aromatic N) is 4. The van der Waals surface area contributed by atoms with Gasteiger partial charge in [-0.3, -0.25) is 0 Å². The van der Waals surface area contributed by atoms with E-state index in [1.807, 2.05) is 36.7 Å². The van der Waals surface area contributed by atoms with Crippen LogP contribution in [0, 0.1) is 0 Å². The molecule has 86 heavy (non-hydrogen) atoms. The van der Waals surface area contributed by atoms with Gasteiger partial charge in [0, 0.05) is 121 Å². The molecule has 22 heteroatoms. The van der Waals surface area contributed by atoms with Crippen LogP contribution in [0.5, 0.6) is 0 Å². The standard InChI is InChI=1S/C64H80Cl4N10O8/c1-77-41-55(53-35-51(65)37-59(67)57(53)43-77)47-9-5-7-45(33-47)49-11-13-61(75-39-49)69-17-21-81-25-29-85-31-27-83-23-19-73-63(79)71-15-3-4-16-72-64(80)74-20-24-84-28-32-86-30-26-82-22-18-70-62-14-12-50(40-76-62)46-8-6-10-48(34-46)56-42-78(2)44-58-54(56)36-52(66)38-60(58)68/h5-14,33-40,55-56H,3-4,15-32,41-44H2,1-2H3,(H,69,75)(H,70,76)(H2,71,73,79)(H2,72,74,80)/t55-,56-/m0/s1. The number of halogens is 4. The first kappa shape index (κ1) is 66.1. The molecule has 4 amide bonds. The Bertz CT molecular complexity index is 2860. The molecular formula is C64H80Cl4N10O8. The Hall–Kier alpha value is -5.84. The zero-order valence-corrected chi connectivity index (χ0v) is 52.1. The summed E-state index contributed by atoms with van der Waals surface area (Å²) < 4.78 is 33.7. The van der Waals surface area contributed by atoms with E-state index in [9.17, 15) is 9.59 Å². The Morgan fingerprint density at radius 1 is 0.453 bits per heavy atom. The van der Waals surface area contributed by atoms with Gasteiger partial charge in [-0.2, -0.15) is 0 Å². The van der Waals surface area contributed by atoms with Crippen molar-refractivity contribution < 1.29 is 38.0 Å². The SMILES string of the molecule is CN1Cc2c(Cl)cc(Cl)cc2[C@H](c2cccc(-c3ccc(NCCOCCOCCOCCNC(=O)NCCCCNC(=O)NCCOCCOCCOCCNc4ccc(-c5cccc([C@@H]6CN(C)Cc7c(Cl)cc(Cl)cc76)c5)cn4)nc3)c2)C1. The molecule has 0 unspecified atom stereocenters. The maximum absolute atomic E-state index is 12.1. The first-order valence-electron chi connectivity index (χ1n) is 29.4. The quantitative estimate of drug-likeness (QED) is 0.0206. The van der Waals surface area contributed by atoms with Crippen LogP contribution in [0.2, 0.25) is 20.1 Å². The Morgan fingerprint density at radius 2 is 0.826 bits per heavy atom. The van der Waals surface area contributed by atoms with Gasteiger partial charge in [0.2, 0.25) is 0 Å². The van der Waals surface area contributed by atoms with Crippen LogP contribution in [0.15, 0.2) is 109 Å². The molecule has 0 fully saturated rings. The van der Waals surface area contributed by atoms with Gasteiger partial charge in [0.15, 0.2) is 0 Å². The molecule has 0 saturated carbocycles. The number of likely N-dealkylation sites (N-methyl/N-ethyl adjacent to an activating group) is 2. The first-order chi connectivity index (χ1) is 42.0. The monoisotopic (exact) mass is 1260 g/mol. The molecule has 0 spiro atoms. The molecule has 4 heterocycles. The topological polar surface area (TPSA) is 194 Å². The number of aromatic nitrogens is 2. The predicted molar refractivity (Wildman–Crippen MR) is 343 cm³/mol. The van der Waals surface area contributed by atoms with Crippen molar-refractivity contribution in [3.8, 4) is 22.3 Å². The second-order valence-corrected chi connectivity index (χ2v) is 22.8. The van der Waals surface area contributed by atoms with Crippen LogP contribution in [0.25, 0.3) is 22.3 Å². The van der Waals surface area contributed by atoms with Crippen LogP contribution >= 0.6 is 46.4 Å². The van der Waals surface area contributed by atoms with Gasteiger partial charge in [-0.1, -0.05) is 94.9 Å². The number of unbranched alkanes of at least 4 members (excludes halogenated alkanes) is 1. The Labute approximate surface area is 525 Å². The molecule has 0 aliphatic carbocycles. The summed E-state index contributed by atoms with van der Waals surface area (Å²) in [5.74, 6) is 1.88. The minimum absolute atomic E-state index is 0.163. The number of rotatable bonds is 35. The summed E-state index contributed by atoms with van der Waals surface area (Å²) in [6, 6.07) is 32.5. The lowest BCUT2D eigenvalue weighted by atomic mass is 9.84. The number of fused-ring (bicyclic) bond motifs is 2. The number of urea groups is 2. The van der Waals surface area contributed by atoms with Crippen molar-refractivity contribution in [3.05, 3.63) is 163 Å². The van der Waals surface area contributed by atoms with Gasteiger partial charge in [-0.15, -0.1) is 0 Å². The maximum Gasteiger partial charge on any atom is 0.314 e. The predicted octanol–water partition coefficient (Wildman–Crippen LogP) is 10.6. The van der Waals surface area contributed by atoms with Crippen molar-refractivity contribution in [2.45, 2.75) is 37.8 Å². The van der Waals surface area contributed by atoms with Gasteiger partial charge in [0.1, 0.15) is 11.6 Å². The zero-order chi connectivity index (χ0) is 60.3. The molecule has 8 rings (SSSR count).